The normalized spacial score (nSPS) is 30.0. The number of aromatic nitrogens is 2. The number of hydrazone groups is 1. The number of H-pyrrole nitrogens is 1. The van der Waals surface area contributed by atoms with E-state index < -0.39 is 4.92 Å². The van der Waals surface area contributed by atoms with E-state index in [1.54, 1.807) is 12.1 Å². The fourth-order valence-corrected chi connectivity index (χ4v) is 6.09. The number of hydrogen-bond acceptors (Lipinski definition) is 5. The minimum Gasteiger partial charge on any atom is -0.281 e. The van der Waals surface area contributed by atoms with E-state index in [2.05, 4.69) is 20.7 Å². The van der Waals surface area contributed by atoms with Crippen molar-refractivity contribution < 1.29 is 9.72 Å². The number of amides is 1. The van der Waals surface area contributed by atoms with Crippen LogP contribution < -0.4 is 5.43 Å². The van der Waals surface area contributed by atoms with Crippen molar-refractivity contribution in [1.29, 1.82) is 0 Å². The van der Waals surface area contributed by atoms with E-state index in [0.717, 1.165) is 23.4 Å². The van der Waals surface area contributed by atoms with Crippen molar-refractivity contribution in [3.8, 4) is 0 Å². The van der Waals surface area contributed by atoms with Crippen molar-refractivity contribution in [2.75, 3.05) is 0 Å². The maximum Gasteiger partial charge on any atom is 0.291 e. The summed E-state index contributed by atoms with van der Waals surface area (Å²) in [5.74, 6) is 2.07. The molecule has 150 valence electrons. The molecule has 0 atom stereocenters. The topological polar surface area (TPSA) is 113 Å². The van der Waals surface area contributed by atoms with Crippen LogP contribution in [0, 0.1) is 27.9 Å². The predicted molar refractivity (Wildman–Crippen MR) is 107 cm³/mol. The Hall–Kier alpha value is -3.03. The lowest BCUT2D eigenvalue weighted by Gasteiger charge is -2.56. The van der Waals surface area contributed by atoms with Gasteiger partial charge in [-0.1, -0.05) is 12.1 Å². The van der Waals surface area contributed by atoms with Crippen LogP contribution in [0.5, 0.6) is 0 Å². The Morgan fingerprint density at radius 1 is 1.21 bits per heavy atom. The van der Waals surface area contributed by atoms with Gasteiger partial charge in [-0.25, -0.2) is 5.43 Å². The van der Waals surface area contributed by atoms with Crippen LogP contribution in [0.3, 0.4) is 0 Å². The first-order valence-electron chi connectivity index (χ1n) is 10.1. The van der Waals surface area contributed by atoms with Crippen LogP contribution in [0.15, 0.2) is 35.4 Å². The van der Waals surface area contributed by atoms with Crippen LogP contribution in [0.2, 0.25) is 0 Å². The van der Waals surface area contributed by atoms with Crippen molar-refractivity contribution in [2.45, 2.75) is 43.9 Å². The molecule has 4 bridgehead atoms. The van der Waals surface area contributed by atoms with E-state index in [0.29, 0.717) is 11.3 Å². The summed E-state index contributed by atoms with van der Waals surface area (Å²) in [6, 6.07) is 7.95. The Morgan fingerprint density at radius 3 is 2.55 bits per heavy atom. The zero-order chi connectivity index (χ0) is 20.0. The summed E-state index contributed by atoms with van der Waals surface area (Å²) in [4.78, 5) is 22.8. The molecule has 2 N–H and O–H groups in total. The Labute approximate surface area is 167 Å². The van der Waals surface area contributed by atoms with Gasteiger partial charge in [-0.05, 0) is 62.3 Å². The van der Waals surface area contributed by atoms with Gasteiger partial charge in [0.05, 0.1) is 11.1 Å². The standard InChI is InChI=1S/C21H23N5O3/c27-20(25-22-12-13-2-1-3-17(7-13)26(28)29)18-8-19(24-23-18)21-9-14-4-15(10-21)6-16(5-14)11-21/h1-3,7-8,12,14-16H,4-6,9-11H2,(H,23,24)(H,25,27). The summed E-state index contributed by atoms with van der Waals surface area (Å²) in [7, 11) is 0. The van der Waals surface area contributed by atoms with Crippen molar-refractivity contribution in [3.63, 3.8) is 0 Å². The molecule has 6 rings (SSSR count). The van der Waals surface area contributed by atoms with Crippen LogP contribution in [0.4, 0.5) is 5.69 Å². The molecule has 8 heteroatoms. The first-order valence-corrected chi connectivity index (χ1v) is 10.1. The van der Waals surface area contributed by atoms with E-state index in [1.165, 1.54) is 56.9 Å². The van der Waals surface area contributed by atoms with Gasteiger partial charge in [-0.3, -0.25) is 20.0 Å². The van der Waals surface area contributed by atoms with Gasteiger partial charge in [0.1, 0.15) is 0 Å². The maximum absolute atomic E-state index is 12.4. The molecule has 0 unspecified atom stereocenters. The Morgan fingerprint density at radius 2 is 1.90 bits per heavy atom. The molecule has 4 aliphatic carbocycles. The van der Waals surface area contributed by atoms with E-state index in [4.69, 9.17) is 0 Å². The summed E-state index contributed by atoms with van der Waals surface area (Å²) in [6.07, 6.45) is 9.10. The molecule has 4 saturated carbocycles. The molecule has 4 fully saturated rings. The number of nitro groups is 1. The van der Waals surface area contributed by atoms with E-state index in [9.17, 15) is 14.9 Å². The first-order chi connectivity index (χ1) is 14.0. The number of hydrogen-bond donors (Lipinski definition) is 2. The second-order valence-corrected chi connectivity index (χ2v) is 8.92. The van der Waals surface area contributed by atoms with Gasteiger partial charge in [-0.2, -0.15) is 10.2 Å². The highest BCUT2D eigenvalue weighted by Crippen LogP contribution is 2.60. The van der Waals surface area contributed by atoms with Crippen LogP contribution >= 0.6 is 0 Å². The summed E-state index contributed by atoms with van der Waals surface area (Å²) in [6.45, 7) is 0. The fourth-order valence-electron chi connectivity index (χ4n) is 6.09. The zero-order valence-electron chi connectivity index (χ0n) is 16.0. The highest BCUT2D eigenvalue weighted by Gasteiger charge is 2.52. The van der Waals surface area contributed by atoms with E-state index in [1.807, 2.05) is 6.07 Å². The summed E-state index contributed by atoms with van der Waals surface area (Å²) < 4.78 is 0. The number of nitro benzene ring substituents is 1. The summed E-state index contributed by atoms with van der Waals surface area (Å²) >= 11 is 0. The minimum atomic E-state index is -0.467. The summed E-state index contributed by atoms with van der Waals surface area (Å²) in [5.41, 5.74) is 4.55. The highest BCUT2D eigenvalue weighted by atomic mass is 16.6. The van der Waals surface area contributed by atoms with Gasteiger partial charge in [0.15, 0.2) is 5.69 Å². The summed E-state index contributed by atoms with van der Waals surface area (Å²) in [5, 5.41) is 22.1. The number of aromatic amines is 1. The van der Waals surface area contributed by atoms with Gasteiger partial charge in [0, 0.05) is 28.8 Å². The third kappa shape index (κ3) is 3.32. The quantitative estimate of drug-likeness (QED) is 0.459. The predicted octanol–water partition coefficient (Wildman–Crippen LogP) is 3.55. The number of carbonyl (C=O) groups is 1. The number of nitrogens with zero attached hydrogens (tertiary/aromatic N) is 3. The number of rotatable bonds is 5. The molecule has 0 aliphatic heterocycles. The minimum absolute atomic E-state index is 0.0206. The number of non-ortho nitro benzene ring substituents is 1. The highest BCUT2D eigenvalue weighted by molar-refractivity contribution is 5.93. The molecule has 0 radical (unpaired) electrons. The van der Waals surface area contributed by atoms with Crippen LogP contribution in [0.25, 0.3) is 0 Å². The molecule has 1 amide bonds. The second kappa shape index (κ2) is 6.79. The largest absolute Gasteiger partial charge is 0.291 e. The number of benzene rings is 1. The number of nitrogens with one attached hydrogen (secondary N) is 2. The third-order valence-corrected chi connectivity index (χ3v) is 6.88. The average molecular weight is 393 g/mol. The molecule has 4 aliphatic rings. The van der Waals surface area contributed by atoms with Gasteiger partial charge in [-0.15, -0.1) is 0 Å². The lowest BCUT2D eigenvalue weighted by atomic mass is 9.49. The zero-order valence-corrected chi connectivity index (χ0v) is 16.0. The van der Waals surface area contributed by atoms with E-state index in [-0.39, 0.29) is 17.0 Å². The van der Waals surface area contributed by atoms with Crippen molar-refractivity contribution in [1.82, 2.24) is 15.6 Å². The molecule has 8 nitrogen and oxygen atoms in total. The molecular formula is C21H23N5O3. The van der Waals surface area contributed by atoms with Gasteiger partial charge in [0.2, 0.25) is 0 Å². The molecule has 2 aromatic rings. The average Bonchev–Trinajstić information content (AvgIpc) is 3.18. The lowest BCUT2D eigenvalue weighted by molar-refractivity contribution is -0.384. The SMILES string of the molecule is O=C(NN=Cc1cccc([N+](=O)[O-])c1)c1cc(C23CC4CC(CC(C4)C2)C3)[nH]n1. The molecular weight excluding hydrogens is 370 g/mol. The van der Waals surface area contributed by atoms with Crippen LogP contribution in [-0.2, 0) is 5.41 Å². The van der Waals surface area contributed by atoms with E-state index >= 15 is 0 Å². The van der Waals surface area contributed by atoms with Gasteiger partial charge >= 0.3 is 0 Å². The fraction of sp³-hybridized carbons (Fsp3) is 0.476. The Kier molecular flexibility index (Phi) is 4.22. The van der Waals surface area contributed by atoms with Crippen molar-refractivity contribution in [2.24, 2.45) is 22.9 Å². The smallest absolute Gasteiger partial charge is 0.281 e. The van der Waals surface area contributed by atoms with Crippen LogP contribution in [0.1, 0.15) is 60.3 Å². The lowest BCUT2D eigenvalue weighted by Crippen LogP contribution is -2.48. The molecule has 1 aromatic carbocycles. The first kappa shape index (κ1) is 18.0. The van der Waals surface area contributed by atoms with Crippen LogP contribution in [-0.4, -0.2) is 27.2 Å². The molecule has 0 saturated heterocycles. The Balaban J connectivity index is 1.27. The monoisotopic (exact) mass is 393 g/mol. The third-order valence-electron chi connectivity index (χ3n) is 6.88. The van der Waals surface area contributed by atoms with Crippen molar-refractivity contribution in [3.05, 3.63) is 57.4 Å². The number of carbonyl (C=O) groups excluding carboxylic acids is 1. The molecule has 0 spiro atoms. The molecule has 1 heterocycles. The molecule has 29 heavy (non-hydrogen) atoms. The van der Waals surface area contributed by atoms with Crippen molar-refractivity contribution >= 4 is 17.8 Å². The van der Waals surface area contributed by atoms with Gasteiger partial charge in [0.25, 0.3) is 11.6 Å². The van der Waals surface area contributed by atoms with Gasteiger partial charge < -0.3 is 0 Å². The second-order valence-electron chi connectivity index (χ2n) is 8.92. The maximum atomic E-state index is 12.4. The Bertz CT molecular complexity index is 960. The molecule has 1 aromatic heterocycles.